The summed E-state index contributed by atoms with van der Waals surface area (Å²) in [6.07, 6.45) is 1.47. The van der Waals surface area contributed by atoms with Gasteiger partial charge in [0.05, 0.1) is 0 Å². The van der Waals surface area contributed by atoms with E-state index in [1.54, 1.807) is 42.5 Å². The van der Waals surface area contributed by atoms with E-state index in [-0.39, 0.29) is 5.69 Å². The number of pyridine rings is 1. The Morgan fingerprint density at radius 2 is 1.67 bits per heavy atom. The molecule has 0 saturated carbocycles. The van der Waals surface area contributed by atoms with Crippen molar-refractivity contribution in [3.8, 4) is 0 Å². The highest BCUT2D eigenvalue weighted by molar-refractivity contribution is 6.11. The molecule has 0 radical (unpaired) electrons. The Bertz CT molecular complexity index is 552. The lowest BCUT2D eigenvalue weighted by Crippen LogP contribution is -2.22. The molecule has 1 N–H and O–H groups in total. The summed E-state index contributed by atoms with van der Waals surface area (Å²) in [5.41, 5.74) is 0.620. The van der Waals surface area contributed by atoms with Crippen LogP contribution in [0, 0.1) is 0 Å². The molecule has 0 amide bonds. The summed E-state index contributed by atoms with van der Waals surface area (Å²) < 4.78 is 0. The zero-order valence-corrected chi connectivity index (χ0v) is 9.48. The Labute approximate surface area is 104 Å². The van der Waals surface area contributed by atoms with Crippen molar-refractivity contribution in [1.29, 1.82) is 0 Å². The normalized spacial score (nSPS) is 11.8. The number of carbonyl (C=O) groups excluding carboxylic acids is 1. The largest absolute Gasteiger partial charge is 0.480 e. The summed E-state index contributed by atoms with van der Waals surface area (Å²) in [6, 6.07) is 13.3. The van der Waals surface area contributed by atoms with Crippen LogP contribution in [-0.2, 0) is 4.79 Å². The first-order valence-electron chi connectivity index (χ1n) is 5.43. The highest BCUT2D eigenvalue weighted by Crippen LogP contribution is 2.20. The maximum atomic E-state index is 12.1. The van der Waals surface area contributed by atoms with Crippen LogP contribution in [0.5, 0.6) is 0 Å². The molecule has 0 fully saturated rings. The first-order valence-corrected chi connectivity index (χ1v) is 5.43. The number of rotatable bonds is 4. The fourth-order valence-corrected chi connectivity index (χ4v) is 1.71. The Kier molecular flexibility index (Phi) is 3.48. The average molecular weight is 241 g/mol. The topological polar surface area (TPSA) is 67.3 Å². The molecule has 4 heteroatoms. The van der Waals surface area contributed by atoms with Crippen molar-refractivity contribution in [3.05, 3.63) is 66.0 Å². The van der Waals surface area contributed by atoms with Crippen molar-refractivity contribution in [2.24, 2.45) is 0 Å². The second-order valence-electron chi connectivity index (χ2n) is 3.76. The number of hydrogen-bond donors (Lipinski definition) is 1. The second-order valence-corrected chi connectivity index (χ2v) is 3.76. The standard InChI is InChI=1S/C14H11NO3/c16-13(11-8-4-5-9-15-11)12(14(17)18)10-6-2-1-3-7-10/h1-9,12H,(H,17,18). The highest BCUT2D eigenvalue weighted by atomic mass is 16.4. The van der Waals surface area contributed by atoms with Crippen LogP contribution in [0.25, 0.3) is 0 Å². The van der Waals surface area contributed by atoms with E-state index in [4.69, 9.17) is 0 Å². The van der Waals surface area contributed by atoms with Gasteiger partial charge in [-0.1, -0.05) is 36.4 Å². The monoisotopic (exact) mass is 241 g/mol. The van der Waals surface area contributed by atoms with Crippen molar-refractivity contribution >= 4 is 11.8 Å². The first kappa shape index (κ1) is 12.0. The van der Waals surface area contributed by atoms with Gasteiger partial charge in [-0.15, -0.1) is 0 Å². The molecular weight excluding hydrogens is 230 g/mol. The number of carboxylic acids is 1. The molecule has 0 aliphatic heterocycles. The second kappa shape index (κ2) is 5.23. The molecule has 90 valence electrons. The molecular formula is C14H11NO3. The van der Waals surface area contributed by atoms with Crippen LogP contribution in [0.15, 0.2) is 54.7 Å². The van der Waals surface area contributed by atoms with Gasteiger partial charge in [0.25, 0.3) is 0 Å². The van der Waals surface area contributed by atoms with Crippen molar-refractivity contribution in [2.75, 3.05) is 0 Å². The quantitative estimate of drug-likeness (QED) is 0.657. The van der Waals surface area contributed by atoms with E-state index in [9.17, 15) is 14.7 Å². The first-order chi connectivity index (χ1) is 8.70. The van der Waals surface area contributed by atoms with E-state index in [1.807, 2.05) is 0 Å². The molecule has 0 saturated heterocycles. The lowest BCUT2D eigenvalue weighted by Gasteiger charge is -2.10. The molecule has 1 aromatic heterocycles. The predicted octanol–water partition coefficient (Wildman–Crippen LogP) is 2.13. The minimum Gasteiger partial charge on any atom is -0.480 e. The number of aliphatic carboxylic acids is 1. The number of aromatic nitrogens is 1. The number of ketones is 1. The number of hydrogen-bond acceptors (Lipinski definition) is 3. The molecule has 18 heavy (non-hydrogen) atoms. The molecule has 2 rings (SSSR count). The maximum Gasteiger partial charge on any atom is 0.319 e. The van der Waals surface area contributed by atoms with Gasteiger partial charge in [-0.2, -0.15) is 0 Å². The summed E-state index contributed by atoms with van der Waals surface area (Å²) in [6.45, 7) is 0. The number of carbonyl (C=O) groups is 2. The molecule has 0 bridgehead atoms. The van der Waals surface area contributed by atoms with E-state index in [1.165, 1.54) is 12.3 Å². The third kappa shape index (κ3) is 2.43. The smallest absolute Gasteiger partial charge is 0.319 e. The summed E-state index contributed by atoms with van der Waals surface area (Å²) in [5.74, 6) is -2.88. The van der Waals surface area contributed by atoms with Gasteiger partial charge >= 0.3 is 5.97 Å². The van der Waals surface area contributed by atoms with Crippen LogP contribution >= 0.6 is 0 Å². The summed E-state index contributed by atoms with van der Waals surface area (Å²) in [5, 5.41) is 9.21. The summed E-state index contributed by atoms with van der Waals surface area (Å²) in [4.78, 5) is 27.3. The van der Waals surface area contributed by atoms with Gasteiger partial charge in [0.1, 0.15) is 11.6 Å². The Hall–Kier alpha value is -2.49. The fraction of sp³-hybridized carbons (Fsp3) is 0.0714. The molecule has 1 atom stereocenters. The number of nitrogens with zero attached hydrogens (tertiary/aromatic N) is 1. The van der Waals surface area contributed by atoms with Crippen molar-refractivity contribution in [2.45, 2.75) is 5.92 Å². The third-order valence-corrected chi connectivity index (χ3v) is 2.56. The molecule has 1 heterocycles. The molecule has 0 aliphatic rings. The van der Waals surface area contributed by atoms with E-state index in [2.05, 4.69) is 4.98 Å². The van der Waals surface area contributed by atoms with Gasteiger partial charge in [-0.05, 0) is 17.7 Å². The molecule has 1 unspecified atom stereocenters. The van der Waals surface area contributed by atoms with Crippen LogP contribution in [0.3, 0.4) is 0 Å². The fourth-order valence-electron chi connectivity index (χ4n) is 1.71. The highest BCUT2D eigenvalue weighted by Gasteiger charge is 2.29. The molecule has 1 aromatic carbocycles. The van der Waals surface area contributed by atoms with Crippen LogP contribution in [0.1, 0.15) is 22.0 Å². The Morgan fingerprint density at radius 3 is 2.22 bits per heavy atom. The summed E-state index contributed by atoms with van der Waals surface area (Å²) >= 11 is 0. The van der Waals surface area contributed by atoms with E-state index >= 15 is 0 Å². The van der Waals surface area contributed by atoms with Gasteiger partial charge in [0, 0.05) is 6.20 Å². The molecule has 2 aromatic rings. The Morgan fingerprint density at radius 1 is 1.00 bits per heavy atom. The van der Waals surface area contributed by atoms with Crippen LogP contribution < -0.4 is 0 Å². The van der Waals surface area contributed by atoms with Gasteiger partial charge in [-0.3, -0.25) is 14.6 Å². The lowest BCUT2D eigenvalue weighted by atomic mass is 9.93. The van der Waals surface area contributed by atoms with E-state index < -0.39 is 17.7 Å². The molecule has 0 aliphatic carbocycles. The van der Waals surface area contributed by atoms with Gasteiger partial charge in [0.15, 0.2) is 5.78 Å². The maximum absolute atomic E-state index is 12.1. The van der Waals surface area contributed by atoms with Gasteiger partial charge in [-0.25, -0.2) is 0 Å². The molecule has 4 nitrogen and oxygen atoms in total. The lowest BCUT2D eigenvalue weighted by molar-refractivity contribution is -0.137. The number of carboxylic acid groups (broad SMARTS) is 1. The van der Waals surface area contributed by atoms with Crippen LogP contribution in [0.2, 0.25) is 0 Å². The number of benzene rings is 1. The third-order valence-electron chi connectivity index (χ3n) is 2.56. The SMILES string of the molecule is O=C(O)C(C(=O)c1ccccn1)c1ccccc1. The zero-order chi connectivity index (χ0) is 13.0. The van der Waals surface area contributed by atoms with E-state index in [0.29, 0.717) is 5.56 Å². The predicted molar refractivity (Wildman–Crippen MR) is 65.4 cm³/mol. The van der Waals surface area contributed by atoms with E-state index in [0.717, 1.165) is 0 Å². The van der Waals surface area contributed by atoms with Crippen LogP contribution in [-0.4, -0.2) is 21.8 Å². The van der Waals surface area contributed by atoms with Crippen molar-refractivity contribution < 1.29 is 14.7 Å². The molecule has 0 spiro atoms. The van der Waals surface area contributed by atoms with Gasteiger partial charge < -0.3 is 5.11 Å². The Balaban J connectivity index is 2.39. The number of Topliss-reactive ketones (excluding diaryl/α,β-unsaturated/α-hetero) is 1. The average Bonchev–Trinajstić information content (AvgIpc) is 2.40. The van der Waals surface area contributed by atoms with Crippen molar-refractivity contribution in [3.63, 3.8) is 0 Å². The minimum absolute atomic E-state index is 0.161. The minimum atomic E-state index is -1.21. The van der Waals surface area contributed by atoms with Gasteiger partial charge in [0.2, 0.25) is 0 Å². The zero-order valence-electron chi connectivity index (χ0n) is 9.48. The van der Waals surface area contributed by atoms with Crippen molar-refractivity contribution in [1.82, 2.24) is 4.98 Å². The van der Waals surface area contributed by atoms with Crippen LogP contribution in [0.4, 0.5) is 0 Å². The summed E-state index contributed by atoms with van der Waals surface area (Å²) in [7, 11) is 0.